The fraction of sp³-hybridized carbons (Fsp3) is 0.308. The van der Waals surface area contributed by atoms with Crippen LogP contribution < -0.4 is 19.7 Å². The van der Waals surface area contributed by atoms with Crippen LogP contribution in [0.2, 0.25) is 0 Å². The number of nitrogens with zero attached hydrogens (tertiary/aromatic N) is 3. The molecule has 2 aromatic carbocycles. The molecular weight excluding hydrogens is 464 g/mol. The number of carbonyl (C=O) groups excluding carboxylic acids is 2. The van der Waals surface area contributed by atoms with Gasteiger partial charge in [-0.15, -0.1) is 11.3 Å². The van der Waals surface area contributed by atoms with Crippen molar-refractivity contribution in [1.82, 2.24) is 9.80 Å². The van der Waals surface area contributed by atoms with Gasteiger partial charge in [0.05, 0.1) is 13.1 Å². The maximum atomic E-state index is 13.5. The third-order valence-corrected chi connectivity index (χ3v) is 6.94. The fourth-order valence-corrected chi connectivity index (χ4v) is 4.88. The van der Waals surface area contributed by atoms with Crippen LogP contribution in [0.15, 0.2) is 66.0 Å². The quantitative estimate of drug-likeness (QED) is 0.565. The number of rotatable bonds is 6. The molecule has 0 bridgehead atoms. The van der Waals surface area contributed by atoms with Crippen molar-refractivity contribution in [3.05, 3.63) is 70.9 Å². The maximum absolute atomic E-state index is 13.5. The van der Waals surface area contributed by atoms with Gasteiger partial charge in [-0.25, -0.2) is 4.79 Å². The van der Waals surface area contributed by atoms with Crippen LogP contribution >= 0.6 is 11.3 Å². The van der Waals surface area contributed by atoms with Gasteiger partial charge in [-0.2, -0.15) is 0 Å². The Bertz CT molecular complexity index is 1150. The SMILES string of the molecule is O=C(Nc1ccccc1)N1CCN(CC(=O)N(Cc2cccs2)c2ccc3c(c2)OCCO3)CC1. The van der Waals surface area contributed by atoms with Crippen molar-refractivity contribution in [1.29, 1.82) is 0 Å². The number of hydrogen-bond donors (Lipinski definition) is 1. The van der Waals surface area contributed by atoms with Gasteiger partial charge in [-0.3, -0.25) is 9.69 Å². The van der Waals surface area contributed by atoms with Crippen LogP contribution in [0.3, 0.4) is 0 Å². The Morgan fingerprint density at radius 3 is 2.43 bits per heavy atom. The van der Waals surface area contributed by atoms with Gasteiger partial charge in [0, 0.05) is 48.5 Å². The first kappa shape index (κ1) is 23.2. The molecule has 0 saturated carbocycles. The molecule has 0 atom stereocenters. The van der Waals surface area contributed by atoms with Gasteiger partial charge in [0.1, 0.15) is 13.2 Å². The molecule has 1 fully saturated rings. The molecule has 8 nitrogen and oxygen atoms in total. The summed E-state index contributed by atoms with van der Waals surface area (Å²) in [4.78, 5) is 32.9. The zero-order valence-electron chi connectivity index (χ0n) is 19.4. The third kappa shape index (κ3) is 5.75. The largest absolute Gasteiger partial charge is 0.486 e. The minimum absolute atomic E-state index is 0.0114. The summed E-state index contributed by atoms with van der Waals surface area (Å²) in [5, 5.41) is 4.94. The van der Waals surface area contributed by atoms with Crippen molar-refractivity contribution >= 4 is 34.6 Å². The van der Waals surface area contributed by atoms with E-state index < -0.39 is 0 Å². The molecule has 1 saturated heterocycles. The van der Waals surface area contributed by atoms with Crippen LogP contribution in [0, 0.1) is 0 Å². The second kappa shape index (κ2) is 10.8. The van der Waals surface area contributed by atoms with Gasteiger partial charge in [0.15, 0.2) is 11.5 Å². The zero-order chi connectivity index (χ0) is 24.0. The summed E-state index contributed by atoms with van der Waals surface area (Å²) in [5.41, 5.74) is 1.56. The number of benzene rings is 2. The van der Waals surface area contributed by atoms with E-state index in [0.717, 1.165) is 16.3 Å². The first-order chi connectivity index (χ1) is 17.2. The highest BCUT2D eigenvalue weighted by Gasteiger charge is 2.26. The van der Waals surface area contributed by atoms with Crippen molar-refractivity contribution in [3.63, 3.8) is 0 Å². The summed E-state index contributed by atoms with van der Waals surface area (Å²) in [6, 6.07) is 19.0. The average Bonchev–Trinajstić information content (AvgIpc) is 3.41. The Morgan fingerprint density at radius 2 is 1.69 bits per heavy atom. The number of fused-ring (bicyclic) bond motifs is 1. The lowest BCUT2D eigenvalue weighted by Crippen LogP contribution is -2.52. The van der Waals surface area contributed by atoms with E-state index in [4.69, 9.17) is 9.47 Å². The fourth-order valence-electron chi connectivity index (χ4n) is 4.19. The number of para-hydroxylation sites is 1. The van der Waals surface area contributed by atoms with Gasteiger partial charge in [0.25, 0.3) is 0 Å². The van der Waals surface area contributed by atoms with Crippen molar-refractivity contribution < 1.29 is 19.1 Å². The number of thiophene rings is 1. The van der Waals surface area contributed by atoms with Gasteiger partial charge in [-0.1, -0.05) is 24.3 Å². The molecule has 182 valence electrons. The molecule has 1 aromatic heterocycles. The first-order valence-corrected chi connectivity index (χ1v) is 12.6. The van der Waals surface area contributed by atoms with Crippen LogP contribution in [0.25, 0.3) is 0 Å². The summed E-state index contributed by atoms with van der Waals surface area (Å²) in [6.07, 6.45) is 0. The lowest BCUT2D eigenvalue weighted by Gasteiger charge is -2.35. The number of nitrogens with one attached hydrogen (secondary N) is 1. The Kier molecular flexibility index (Phi) is 7.15. The van der Waals surface area contributed by atoms with Crippen LogP contribution in [-0.2, 0) is 11.3 Å². The van der Waals surface area contributed by atoms with E-state index in [9.17, 15) is 9.59 Å². The molecule has 0 spiro atoms. The van der Waals surface area contributed by atoms with E-state index in [1.165, 1.54) is 0 Å². The molecular formula is C26H28N4O4S. The predicted octanol–water partition coefficient (Wildman–Crippen LogP) is 3.90. The van der Waals surface area contributed by atoms with Gasteiger partial charge in [-0.05, 0) is 35.7 Å². The maximum Gasteiger partial charge on any atom is 0.321 e. The molecule has 1 N–H and O–H groups in total. The van der Waals surface area contributed by atoms with Crippen molar-refractivity contribution in [2.24, 2.45) is 0 Å². The first-order valence-electron chi connectivity index (χ1n) is 11.7. The van der Waals surface area contributed by atoms with E-state index in [-0.39, 0.29) is 18.5 Å². The van der Waals surface area contributed by atoms with Gasteiger partial charge in [0.2, 0.25) is 5.91 Å². The van der Waals surface area contributed by atoms with Crippen LogP contribution in [0.1, 0.15) is 4.88 Å². The Morgan fingerprint density at radius 1 is 0.914 bits per heavy atom. The van der Waals surface area contributed by atoms with Gasteiger partial charge < -0.3 is 24.6 Å². The van der Waals surface area contributed by atoms with Crippen LogP contribution in [0.5, 0.6) is 11.5 Å². The lowest BCUT2D eigenvalue weighted by atomic mass is 10.2. The molecule has 2 aliphatic heterocycles. The summed E-state index contributed by atoms with van der Waals surface area (Å²) in [6.45, 7) is 4.23. The molecule has 3 amide bonds. The van der Waals surface area contributed by atoms with Crippen molar-refractivity contribution in [2.75, 3.05) is 56.2 Å². The van der Waals surface area contributed by atoms with Crippen LogP contribution in [0.4, 0.5) is 16.2 Å². The van der Waals surface area contributed by atoms with E-state index in [2.05, 4.69) is 10.2 Å². The van der Waals surface area contributed by atoms with E-state index in [0.29, 0.717) is 57.4 Å². The summed E-state index contributed by atoms with van der Waals surface area (Å²) < 4.78 is 11.4. The van der Waals surface area contributed by atoms with E-state index in [1.807, 2.05) is 66.0 Å². The molecule has 35 heavy (non-hydrogen) atoms. The molecule has 3 aromatic rings. The lowest BCUT2D eigenvalue weighted by molar-refractivity contribution is -0.120. The second-order valence-electron chi connectivity index (χ2n) is 8.45. The molecule has 3 heterocycles. The number of anilines is 2. The van der Waals surface area contributed by atoms with Crippen LogP contribution in [-0.4, -0.2) is 67.7 Å². The van der Waals surface area contributed by atoms with Crippen molar-refractivity contribution in [2.45, 2.75) is 6.54 Å². The van der Waals surface area contributed by atoms with Crippen molar-refractivity contribution in [3.8, 4) is 11.5 Å². The average molecular weight is 493 g/mol. The summed E-state index contributed by atoms with van der Waals surface area (Å²) >= 11 is 1.63. The summed E-state index contributed by atoms with van der Waals surface area (Å²) in [5.74, 6) is 1.38. The number of carbonyl (C=O) groups is 2. The molecule has 9 heteroatoms. The third-order valence-electron chi connectivity index (χ3n) is 6.08. The number of amides is 3. The molecule has 0 radical (unpaired) electrons. The zero-order valence-corrected chi connectivity index (χ0v) is 20.2. The van der Waals surface area contributed by atoms with E-state index in [1.54, 1.807) is 21.1 Å². The normalized spacial score (nSPS) is 15.5. The minimum atomic E-state index is -0.113. The minimum Gasteiger partial charge on any atom is -0.486 e. The highest BCUT2D eigenvalue weighted by atomic mass is 32.1. The highest BCUT2D eigenvalue weighted by molar-refractivity contribution is 7.09. The monoisotopic (exact) mass is 492 g/mol. The Hall–Kier alpha value is -3.56. The molecule has 2 aliphatic rings. The topological polar surface area (TPSA) is 74.4 Å². The number of ether oxygens (including phenoxy) is 2. The number of piperazine rings is 1. The van der Waals surface area contributed by atoms with E-state index >= 15 is 0 Å². The summed E-state index contributed by atoms with van der Waals surface area (Å²) in [7, 11) is 0. The predicted molar refractivity (Wildman–Crippen MR) is 136 cm³/mol. The highest BCUT2D eigenvalue weighted by Crippen LogP contribution is 2.34. The molecule has 5 rings (SSSR count). The molecule has 0 unspecified atom stereocenters. The number of urea groups is 1. The van der Waals surface area contributed by atoms with Gasteiger partial charge >= 0.3 is 6.03 Å². The smallest absolute Gasteiger partial charge is 0.321 e. The number of hydrogen-bond acceptors (Lipinski definition) is 6. The standard InChI is InChI=1S/C26H28N4O4S/c31-25(19-28-10-12-29(13-11-28)26(32)27-20-5-2-1-3-6-20)30(18-22-7-4-16-35-22)21-8-9-23-24(17-21)34-15-14-33-23/h1-9,16-17H,10-15,18-19H2,(H,27,32). The Balaban J connectivity index is 1.22. The molecule has 0 aliphatic carbocycles. The Labute approximate surface area is 208 Å². The second-order valence-corrected chi connectivity index (χ2v) is 9.48.